The van der Waals surface area contributed by atoms with Crippen molar-refractivity contribution in [3.63, 3.8) is 0 Å². The second kappa shape index (κ2) is 5.13. The largest absolute Gasteiger partial charge is 0.310 e. The Labute approximate surface area is 140 Å². The first-order valence-corrected chi connectivity index (χ1v) is 8.36. The highest BCUT2D eigenvalue weighted by atomic mass is 32.2. The molecule has 1 aliphatic heterocycles. The van der Waals surface area contributed by atoms with Crippen LogP contribution in [0.2, 0.25) is 0 Å². The fourth-order valence-corrected chi connectivity index (χ4v) is 4.27. The highest BCUT2D eigenvalue weighted by Gasteiger charge is 2.31. The van der Waals surface area contributed by atoms with Crippen molar-refractivity contribution < 1.29 is 0 Å². The van der Waals surface area contributed by atoms with Gasteiger partial charge in [0.1, 0.15) is 16.4 Å². The molecule has 0 saturated carbocycles. The van der Waals surface area contributed by atoms with E-state index in [2.05, 4.69) is 48.6 Å². The van der Waals surface area contributed by atoms with E-state index in [1.54, 1.807) is 11.9 Å². The summed E-state index contributed by atoms with van der Waals surface area (Å²) in [6.07, 6.45) is 0. The first-order chi connectivity index (χ1) is 11.1. The molecule has 4 rings (SSSR count). The van der Waals surface area contributed by atoms with Crippen LogP contribution >= 0.6 is 11.9 Å². The van der Waals surface area contributed by atoms with Gasteiger partial charge in [-0.1, -0.05) is 30.3 Å². The molecular formula is C18H18N4S. The topological polar surface area (TPSA) is 34.0 Å². The average molecular weight is 322 g/mol. The number of nitrogens with zero attached hydrogens (tertiary/aromatic N) is 4. The zero-order valence-corrected chi connectivity index (χ0v) is 14.5. The van der Waals surface area contributed by atoms with E-state index in [1.807, 2.05) is 24.7 Å². The quantitative estimate of drug-likeness (QED) is 0.628. The molecule has 1 aliphatic rings. The number of aryl methyl sites for hydroxylation is 3. The smallest absolute Gasteiger partial charge is 0.127 e. The number of rotatable bonds is 1. The van der Waals surface area contributed by atoms with Crippen LogP contribution in [0.15, 0.2) is 41.4 Å². The predicted octanol–water partition coefficient (Wildman–Crippen LogP) is 4.22. The molecule has 116 valence electrons. The van der Waals surface area contributed by atoms with E-state index in [1.165, 1.54) is 11.1 Å². The van der Waals surface area contributed by atoms with E-state index in [0.717, 1.165) is 33.4 Å². The molecule has 3 heterocycles. The van der Waals surface area contributed by atoms with Gasteiger partial charge in [0.25, 0.3) is 0 Å². The molecular weight excluding hydrogens is 304 g/mol. The maximum atomic E-state index is 4.81. The number of aromatic nitrogens is 3. The Morgan fingerprint density at radius 3 is 2.52 bits per heavy atom. The number of fused-ring (bicyclic) bond motifs is 3. The van der Waals surface area contributed by atoms with Gasteiger partial charge >= 0.3 is 0 Å². The van der Waals surface area contributed by atoms with E-state index < -0.39 is 0 Å². The van der Waals surface area contributed by atoms with Crippen molar-refractivity contribution in [1.82, 2.24) is 14.8 Å². The fourth-order valence-electron chi connectivity index (χ4n) is 3.21. The summed E-state index contributed by atoms with van der Waals surface area (Å²) in [6.45, 7) is 4.19. The van der Waals surface area contributed by atoms with Crippen LogP contribution < -0.4 is 4.31 Å². The molecule has 0 aliphatic carbocycles. The van der Waals surface area contributed by atoms with E-state index >= 15 is 0 Å². The van der Waals surface area contributed by atoms with Gasteiger partial charge in [0, 0.05) is 42.9 Å². The van der Waals surface area contributed by atoms with Gasteiger partial charge < -0.3 is 4.31 Å². The van der Waals surface area contributed by atoms with Gasteiger partial charge in [-0.2, -0.15) is 5.10 Å². The molecule has 0 bridgehead atoms. The lowest BCUT2D eigenvalue weighted by atomic mass is 10.0. The minimum Gasteiger partial charge on any atom is -0.310 e. The summed E-state index contributed by atoms with van der Waals surface area (Å²) in [4.78, 5) is 4.73. The number of pyridine rings is 1. The molecule has 0 spiro atoms. The summed E-state index contributed by atoms with van der Waals surface area (Å²) in [6, 6.07) is 12.5. The van der Waals surface area contributed by atoms with Crippen molar-refractivity contribution in [3.05, 3.63) is 47.7 Å². The summed E-state index contributed by atoms with van der Waals surface area (Å²) in [5.74, 6) is 0. The van der Waals surface area contributed by atoms with Crippen LogP contribution in [0.4, 0.5) is 5.69 Å². The standard InChI is InChI=1S/C18H18N4S/c1-11-10-12(2)19-18-14(11)16-17(22(4)23-18)15(20-21(16)3)13-8-6-5-7-9-13/h5-10H,1-4H3. The Morgan fingerprint density at radius 2 is 1.78 bits per heavy atom. The summed E-state index contributed by atoms with van der Waals surface area (Å²) in [5, 5.41) is 5.86. The molecule has 23 heavy (non-hydrogen) atoms. The molecule has 0 atom stereocenters. The molecule has 0 N–H and O–H groups in total. The zero-order valence-electron chi connectivity index (χ0n) is 13.7. The predicted molar refractivity (Wildman–Crippen MR) is 95.6 cm³/mol. The average Bonchev–Trinajstić information content (AvgIpc) is 2.86. The molecule has 4 nitrogen and oxygen atoms in total. The van der Waals surface area contributed by atoms with Crippen molar-refractivity contribution in [2.45, 2.75) is 18.9 Å². The Hall–Kier alpha value is -2.27. The van der Waals surface area contributed by atoms with Gasteiger partial charge in [-0.15, -0.1) is 0 Å². The summed E-state index contributed by atoms with van der Waals surface area (Å²) >= 11 is 1.67. The normalized spacial score (nSPS) is 13.0. The van der Waals surface area contributed by atoms with Crippen LogP contribution in [-0.2, 0) is 7.05 Å². The van der Waals surface area contributed by atoms with E-state index in [-0.39, 0.29) is 0 Å². The van der Waals surface area contributed by atoms with Crippen LogP contribution in [0.5, 0.6) is 0 Å². The van der Waals surface area contributed by atoms with Crippen molar-refractivity contribution in [1.29, 1.82) is 0 Å². The van der Waals surface area contributed by atoms with Crippen molar-refractivity contribution in [3.8, 4) is 22.5 Å². The number of anilines is 1. The number of benzene rings is 1. The second-order valence-corrected chi connectivity index (χ2v) is 7.00. The summed E-state index contributed by atoms with van der Waals surface area (Å²) in [7, 11) is 4.10. The molecule has 0 unspecified atom stereocenters. The van der Waals surface area contributed by atoms with E-state index in [4.69, 9.17) is 10.1 Å². The maximum absolute atomic E-state index is 4.81. The SMILES string of the molecule is Cc1cc(C)c2c(n1)SN(C)c1c(-c3ccccc3)nn(C)c1-2. The molecule has 0 fully saturated rings. The van der Waals surface area contributed by atoms with Gasteiger partial charge in [-0.3, -0.25) is 4.68 Å². The van der Waals surface area contributed by atoms with Gasteiger partial charge in [0.05, 0.1) is 5.69 Å². The van der Waals surface area contributed by atoms with E-state index in [9.17, 15) is 0 Å². The third kappa shape index (κ3) is 2.15. The molecule has 0 radical (unpaired) electrons. The Balaban J connectivity index is 2.03. The Kier molecular flexibility index (Phi) is 3.20. The fraction of sp³-hybridized carbons (Fsp3) is 0.222. The molecule has 5 heteroatoms. The number of hydrogen-bond acceptors (Lipinski definition) is 4. The first kappa shape index (κ1) is 14.3. The monoisotopic (exact) mass is 322 g/mol. The minimum absolute atomic E-state index is 1.02. The van der Waals surface area contributed by atoms with Crippen LogP contribution in [0.1, 0.15) is 11.3 Å². The Morgan fingerprint density at radius 1 is 1.04 bits per heavy atom. The van der Waals surface area contributed by atoms with Gasteiger partial charge in [-0.05, 0) is 25.5 Å². The third-order valence-corrected chi connectivity index (χ3v) is 5.08. The molecule has 2 aromatic heterocycles. The third-order valence-electron chi connectivity index (χ3n) is 4.16. The number of hydrogen-bond donors (Lipinski definition) is 0. The summed E-state index contributed by atoms with van der Waals surface area (Å²) < 4.78 is 4.16. The lowest BCUT2D eigenvalue weighted by Gasteiger charge is -2.27. The maximum Gasteiger partial charge on any atom is 0.127 e. The van der Waals surface area contributed by atoms with Crippen molar-refractivity contribution in [2.24, 2.45) is 7.05 Å². The van der Waals surface area contributed by atoms with Crippen molar-refractivity contribution in [2.75, 3.05) is 11.4 Å². The summed E-state index contributed by atoms with van der Waals surface area (Å²) in [5.41, 5.74) is 7.95. The molecule has 1 aromatic carbocycles. The highest BCUT2D eigenvalue weighted by molar-refractivity contribution is 8.00. The van der Waals surface area contributed by atoms with E-state index in [0.29, 0.717) is 0 Å². The minimum atomic E-state index is 1.02. The lowest BCUT2D eigenvalue weighted by molar-refractivity contribution is 0.774. The zero-order chi connectivity index (χ0) is 16.1. The highest BCUT2D eigenvalue weighted by Crippen LogP contribution is 2.49. The van der Waals surface area contributed by atoms with Crippen LogP contribution in [0, 0.1) is 13.8 Å². The van der Waals surface area contributed by atoms with Gasteiger partial charge in [-0.25, -0.2) is 4.98 Å². The molecule has 3 aromatic rings. The molecule has 0 amide bonds. The molecule has 0 saturated heterocycles. The van der Waals surface area contributed by atoms with Crippen LogP contribution in [0.3, 0.4) is 0 Å². The van der Waals surface area contributed by atoms with Crippen LogP contribution in [-0.4, -0.2) is 21.8 Å². The van der Waals surface area contributed by atoms with Crippen molar-refractivity contribution >= 4 is 17.6 Å². The second-order valence-electron chi connectivity index (χ2n) is 5.88. The van der Waals surface area contributed by atoms with Gasteiger partial charge in [0.2, 0.25) is 0 Å². The van der Waals surface area contributed by atoms with Crippen LogP contribution in [0.25, 0.3) is 22.5 Å². The first-order valence-electron chi connectivity index (χ1n) is 7.59. The van der Waals surface area contributed by atoms with Gasteiger partial charge in [0.15, 0.2) is 0 Å². The lowest BCUT2D eigenvalue weighted by Crippen LogP contribution is -2.15. The Bertz CT molecular complexity index is 899.